The van der Waals surface area contributed by atoms with Gasteiger partial charge < -0.3 is 9.88 Å². The monoisotopic (exact) mass is 485 g/mol. The summed E-state index contributed by atoms with van der Waals surface area (Å²) < 4.78 is 1.95. The SMILES string of the molecule is Cc1cc(C(=O)CN2C(=O)NC(C)(c3cccc4ccccc34)C2=O)c(C)n1-c1ccc(Cl)cc1. The van der Waals surface area contributed by atoms with E-state index in [1.165, 1.54) is 0 Å². The standard InChI is InChI=1S/C28H24ClN3O3/c1-17-15-23(18(2)32(17)21-13-11-20(29)12-14-21)25(33)16-31-26(34)28(3,30-27(31)35)24-10-6-8-19-7-4-5-9-22(19)24/h4-15H,16H2,1-3H3,(H,30,35). The van der Waals surface area contributed by atoms with E-state index in [0.717, 1.165) is 32.7 Å². The Hall–Kier alpha value is -3.90. The Morgan fingerprint density at radius 3 is 2.40 bits per heavy atom. The molecule has 0 saturated carbocycles. The van der Waals surface area contributed by atoms with Crippen molar-refractivity contribution in [1.82, 2.24) is 14.8 Å². The molecular formula is C28H24ClN3O3. The lowest BCUT2D eigenvalue weighted by atomic mass is 9.88. The molecule has 0 radical (unpaired) electrons. The fourth-order valence-corrected chi connectivity index (χ4v) is 5.07. The molecule has 1 N–H and O–H groups in total. The van der Waals surface area contributed by atoms with Crippen LogP contribution in [0.3, 0.4) is 0 Å². The molecule has 35 heavy (non-hydrogen) atoms. The Labute approximate surface area is 208 Å². The summed E-state index contributed by atoms with van der Waals surface area (Å²) in [6, 6.07) is 21.9. The van der Waals surface area contributed by atoms with Gasteiger partial charge in [-0.1, -0.05) is 54.1 Å². The first-order chi connectivity index (χ1) is 16.7. The van der Waals surface area contributed by atoms with Gasteiger partial charge >= 0.3 is 6.03 Å². The van der Waals surface area contributed by atoms with E-state index in [1.807, 2.05) is 73.0 Å². The molecule has 0 aliphatic carbocycles. The molecule has 1 aliphatic heterocycles. The lowest BCUT2D eigenvalue weighted by Gasteiger charge is -2.24. The van der Waals surface area contributed by atoms with E-state index in [0.29, 0.717) is 16.1 Å². The van der Waals surface area contributed by atoms with Crippen LogP contribution in [0.15, 0.2) is 72.8 Å². The van der Waals surface area contributed by atoms with E-state index >= 15 is 0 Å². The zero-order valence-electron chi connectivity index (χ0n) is 19.6. The van der Waals surface area contributed by atoms with Crippen molar-refractivity contribution in [2.75, 3.05) is 6.54 Å². The summed E-state index contributed by atoms with van der Waals surface area (Å²) >= 11 is 6.02. The van der Waals surface area contributed by atoms with Crippen molar-refractivity contribution in [2.45, 2.75) is 26.3 Å². The molecule has 1 aliphatic rings. The fourth-order valence-electron chi connectivity index (χ4n) is 4.95. The van der Waals surface area contributed by atoms with Crippen LogP contribution in [0.5, 0.6) is 0 Å². The number of nitrogens with zero attached hydrogens (tertiary/aromatic N) is 2. The highest BCUT2D eigenvalue weighted by molar-refractivity contribution is 6.30. The summed E-state index contributed by atoms with van der Waals surface area (Å²) in [5.74, 6) is -0.748. The van der Waals surface area contributed by atoms with E-state index in [2.05, 4.69) is 5.32 Å². The van der Waals surface area contributed by atoms with Gasteiger partial charge in [-0.2, -0.15) is 0 Å². The first-order valence-electron chi connectivity index (χ1n) is 11.3. The predicted molar refractivity (Wildman–Crippen MR) is 136 cm³/mol. The molecule has 1 saturated heterocycles. The zero-order valence-corrected chi connectivity index (χ0v) is 20.4. The van der Waals surface area contributed by atoms with Crippen molar-refractivity contribution in [3.63, 3.8) is 0 Å². The Balaban J connectivity index is 1.45. The molecule has 1 atom stereocenters. The van der Waals surface area contributed by atoms with E-state index in [-0.39, 0.29) is 12.3 Å². The average molecular weight is 486 g/mol. The maximum atomic E-state index is 13.5. The van der Waals surface area contributed by atoms with Crippen molar-refractivity contribution in [3.8, 4) is 5.69 Å². The minimum absolute atomic E-state index is 0.302. The Morgan fingerprint density at radius 1 is 0.971 bits per heavy atom. The number of carbonyl (C=O) groups excluding carboxylic acids is 3. The maximum Gasteiger partial charge on any atom is 0.325 e. The van der Waals surface area contributed by atoms with E-state index < -0.39 is 17.5 Å². The van der Waals surface area contributed by atoms with Crippen LogP contribution in [-0.4, -0.2) is 33.7 Å². The van der Waals surface area contributed by atoms with Crippen LogP contribution in [0.2, 0.25) is 5.02 Å². The minimum Gasteiger partial charge on any atom is -0.319 e. The summed E-state index contributed by atoms with van der Waals surface area (Å²) in [4.78, 5) is 40.8. The van der Waals surface area contributed by atoms with Gasteiger partial charge in [0.05, 0.1) is 6.54 Å². The summed E-state index contributed by atoms with van der Waals surface area (Å²) in [6.07, 6.45) is 0. The number of aryl methyl sites for hydroxylation is 1. The molecule has 7 heteroatoms. The third kappa shape index (κ3) is 3.70. The van der Waals surface area contributed by atoms with E-state index in [4.69, 9.17) is 11.6 Å². The number of aromatic nitrogens is 1. The van der Waals surface area contributed by atoms with Gasteiger partial charge in [-0.3, -0.25) is 14.5 Å². The van der Waals surface area contributed by atoms with Crippen LogP contribution in [0.1, 0.15) is 34.2 Å². The molecular weight excluding hydrogens is 462 g/mol. The van der Waals surface area contributed by atoms with Crippen molar-refractivity contribution in [1.29, 1.82) is 0 Å². The van der Waals surface area contributed by atoms with Crippen molar-refractivity contribution >= 4 is 40.1 Å². The maximum absolute atomic E-state index is 13.5. The molecule has 6 nitrogen and oxygen atoms in total. The second kappa shape index (κ2) is 8.40. The average Bonchev–Trinajstić information content (AvgIpc) is 3.26. The lowest BCUT2D eigenvalue weighted by molar-refractivity contribution is -0.130. The predicted octanol–water partition coefficient (Wildman–Crippen LogP) is 5.55. The number of halogens is 1. The fraction of sp³-hybridized carbons (Fsp3) is 0.179. The van der Waals surface area contributed by atoms with Gasteiger partial charge in [-0.25, -0.2) is 4.79 Å². The summed E-state index contributed by atoms with van der Waals surface area (Å²) in [5, 5.41) is 5.30. The smallest absolute Gasteiger partial charge is 0.319 e. The zero-order chi connectivity index (χ0) is 24.9. The van der Waals surface area contributed by atoms with Crippen LogP contribution in [0, 0.1) is 13.8 Å². The topological polar surface area (TPSA) is 71.4 Å². The van der Waals surface area contributed by atoms with Crippen molar-refractivity contribution < 1.29 is 14.4 Å². The molecule has 1 unspecified atom stereocenters. The number of benzene rings is 3. The normalized spacial score (nSPS) is 17.8. The number of ketones is 1. The molecule has 5 rings (SSSR count). The van der Waals surface area contributed by atoms with Gasteiger partial charge in [0.2, 0.25) is 0 Å². The second-order valence-corrected chi connectivity index (χ2v) is 9.43. The molecule has 3 amide bonds. The molecule has 0 bridgehead atoms. The van der Waals surface area contributed by atoms with Gasteiger partial charge in [-0.15, -0.1) is 0 Å². The molecule has 3 aromatic carbocycles. The Bertz CT molecular complexity index is 1500. The number of imide groups is 1. The third-order valence-electron chi connectivity index (χ3n) is 6.72. The molecule has 2 heterocycles. The van der Waals surface area contributed by atoms with Crippen LogP contribution < -0.4 is 5.32 Å². The summed E-state index contributed by atoms with van der Waals surface area (Å²) in [5.41, 5.74) is 2.38. The van der Waals surface area contributed by atoms with Crippen LogP contribution in [0.4, 0.5) is 4.79 Å². The molecule has 4 aromatic rings. The number of nitrogens with one attached hydrogen (secondary N) is 1. The highest BCUT2D eigenvalue weighted by atomic mass is 35.5. The Morgan fingerprint density at radius 2 is 1.66 bits per heavy atom. The Kier molecular flexibility index (Phi) is 5.49. The largest absolute Gasteiger partial charge is 0.325 e. The van der Waals surface area contributed by atoms with Crippen molar-refractivity contribution in [3.05, 3.63) is 100 Å². The molecule has 176 valence electrons. The van der Waals surface area contributed by atoms with Crippen molar-refractivity contribution in [2.24, 2.45) is 0 Å². The lowest BCUT2D eigenvalue weighted by Crippen LogP contribution is -2.41. The number of fused-ring (bicyclic) bond motifs is 1. The number of Topliss-reactive ketones (excluding diaryl/α,β-unsaturated/α-hetero) is 1. The molecule has 1 aromatic heterocycles. The summed E-state index contributed by atoms with van der Waals surface area (Å²) in [7, 11) is 0. The van der Waals surface area contributed by atoms with Gasteiger partial charge in [0.25, 0.3) is 5.91 Å². The molecule has 0 spiro atoms. The van der Waals surface area contributed by atoms with Crippen LogP contribution >= 0.6 is 11.6 Å². The number of hydrogen-bond acceptors (Lipinski definition) is 3. The number of carbonyl (C=O) groups is 3. The second-order valence-electron chi connectivity index (χ2n) is 8.99. The van der Waals surface area contributed by atoms with Crippen LogP contribution in [-0.2, 0) is 10.3 Å². The van der Waals surface area contributed by atoms with Gasteiger partial charge in [0.1, 0.15) is 5.54 Å². The first-order valence-corrected chi connectivity index (χ1v) is 11.7. The van der Waals surface area contributed by atoms with E-state index in [9.17, 15) is 14.4 Å². The third-order valence-corrected chi connectivity index (χ3v) is 6.97. The highest BCUT2D eigenvalue weighted by Crippen LogP contribution is 2.34. The summed E-state index contributed by atoms with van der Waals surface area (Å²) in [6.45, 7) is 5.10. The number of urea groups is 1. The quantitative estimate of drug-likeness (QED) is 0.297. The minimum atomic E-state index is -1.27. The number of hydrogen-bond donors (Lipinski definition) is 1. The highest BCUT2D eigenvalue weighted by Gasteiger charge is 2.50. The molecule has 1 fully saturated rings. The number of rotatable bonds is 5. The first kappa shape index (κ1) is 22.9. The van der Waals surface area contributed by atoms with Gasteiger partial charge in [0, 0.05) is 27.7 Å². The van der Waals surface area contributed by atoms with Gasteiger partial charge in [0.15, 0.2) is 5.78 Å². The van der Waals surface area contributed by atoms with E-state index in [1.54, 1.807) is 25.1 Å². The number of amides is 3. The van der Waals surface area contributed by atoms with Gasteiger partial charge in [-0.05, 0) is 67.4 Å². The van der Waals surface area contributed by atoms with Crippen LogP contribution in [0.25, 0.3) is 16.5 Å².